The molecule has 0 bridgehead atoms. The fourth-order valence-corrected chi connectivity index (χ4v) is 2.20. The Morgan fingerprint density at radius 1 is 1.08 bits per heavy atom. The number of nitrogens with one attached hydrogen (secondary N) is 3. The topological polar surface area (TPSA) is 111 Å². The zero-order chi connectivity index (χ0) is 18.5. The van der Waals surface area contributed by atoms with Crippen molar-refractivity contribution < 1.29 is 14.0 Å². The van der Waals surface area contributed by atoms with E-state index in [0.29, 0.717) is 0 Å². The van der Waals surface area contributed by atoms with Crippen molar-refractivity contribution in [2.75, 3.05) is 10.6 Å². The van der Waals surface area contributed by atoms with Crippen LogP contribution in [0.1, 0.15) is 26.5 Å². The Kier molecular flexibility index (Phi) is 4.71. The van der Waals surface area contributed by atoms with Crippen LogP contribution in [0, 0.1) is 17.1 Å². The third-order valence-electron chi connectivity index (χ3n) is 3.44. The van der Waals surface area contributed by atoms with Gasteiger partial charge in [-0.3, -0.25) is 14.6 Å². The largest absolute Gasteiger partial charge is 0.352 e. The van der Waals surface area contributed by atoms with Gasteiger partial charge in [-0.2, -0.15) is 5.26 Å². The monoisotopic (exact) mass is 349 g/mol. The van der Waals surface area contributed by atoms with Crippen LogP contribution in [0.5, 0.6) is 0 Å². The Hall–Kier alpha value is -3.99. The summed E-state index contributed by atoms with van der Waals surface area (Å²) in [5, 5.41) is 13.9. The average molecular weight is 349 g/mol. The molecular formula is C18H12FN5O2. The molecule has 3 rings (SSSR count). The Labute approximate surface area is 147 Å². The number of benzene rings is 1. The molecule has 0 aliphatic heterocycles. The number of carbonyl (C=O) groups excluding carboxylic acids is 2. The number of aromatic nitrogens is 2. The first-order valence-electron chi connectivity index (χ1n) is 7.48. The zero-order valence-electron chi connectivity index (χ0n) is 13.3. The number of amides is 2. The smallest absolute Gasteiger partial charge is 0.274 e. The number of aromatic amines is 1. The van der Waals surface area contributed by atoms with Crippen LogP contribution in [0.15, 0.2) is 54.9 Å². The van der Waals surface area contributed by atoms with Crippen LogP contribution in [0.3, 0.4) is 0 Å². The molecule has 8 heteroatoms. The minimum atomic E-state index is -0.581. The molecule has 0 radical (unpaired) electrons. The molecule has 1 aromatic carbocycles. The maximum atomic E-state index is 13.6. The minimum Gasteiger partial charge on any atom is -0.352 e. The van der Waals surface area contributed by atoms with E-state index in [1.165, 1.54) is 30.6 Å². The highest BCUT2D eigenvalue weighted by Gasteiger charge is 2.15. The molecule has 0 aliphatic rings. The molecule has 0 fully saturated rings. The van der Waals surface area contributed by atoms with Gasteiger partial charge < -0.3 is 15.6 Å². The molecule has 0 aliphatic carbocycles. The summed E-state index contributed by atoms with van der Waals surface area (Å²) in [5.41, 5.74) is 0.898. The Bertz CT molecular complexity index is 1010. The lowest BCUT2D eigenvalue weighted by Crippen LogP contribution is -2.17. The summed E-state index contributed by atoms with van der Waals surface area (Å²) in [4.78, 5) is 31.1. The second-order valence-corrected chi connectivity index (χ2v) is 5.23. The summed E-state index contributed by atoms with van der Waals surface area (Å²) in [6.07, 6.45) is 2.83. The van der Waals surface area contributed by atoms with Crippen LogP contribution >= 0.6 is 0 Å². The molecule has 0 saturated heterocycles. The Morgan fingerprint density at radius 3 is 2.58 bits per heavy atom. The summed E-state index contributed by atoms with van der Waals surface area (Å²) in [6.45, 7) is 0. The van der Waals surface area contributed by atoms with Gasteiger partial charge >= 0.3 is 0 Å². The maximum absolute atomic E-state index is 13.6. The number of halogens is 1. The molecule has 0 unspecified atom stereocenters. The summed E-state index contributed by atoms with van der Waals surface area (Å²) < 4.78 is 13.6. The van der Waals surface area contributed by atoms with E-state index in [4.69, 9.17) is 5.26 Å². The van der Waals surface area contributed by atoms with Crippen molar-refractivity contribution in [3.05, 3.63) is 77.6 Å². The highest BCUT2D eigenvalue weighted by Crippen LogP contribution is 2.24. The van der Waals surface area contributed by atoms with Crippen molar-refractivity contribution in [2.45, 2.75) is 0 Å². The fraction of sp³-hybridized carbons (Fsp3) is 0. The van der Waals surface area contributed by atoms with Gasteiger partial charge in [-0.25, -0.2) is 4.39 Å². The molecule has 2 amide bonds. The van der Waals surface area contributed by atoms with Crippen molar-refractivity contribution in [1.29, 1.82) is 5.26 Å². The van der Waals surface area contributed by atoms with Crippen LogP contribution in [0.4, 0.5) is 15.8 Å². The quantitative estimate of drug-likeness (QED) is 0.672. The SMILES string of the molecule is N#Cc1cc(C(=O)Nc2cc(F)ccc2NC(=O)c2ccccn2)c[nH]1. The average Bonchev–Trinajstić information content (AvgIpc) is 3.14. The lowest BCUT2D eigenvalue weighted by atomic mass is 10.2. The number of anilines is 2. The third-order valence-corrected chi connectivity index (χ3v) is 3.44. The van der Waals surface area contributed by atoms with Crippen LogP contribution < -0.4 is 10.6 Å². The lowest BCUT2D eigenvalue weighted by molar-refractivity contribution is 0.101. The zero-order valence-corrected chi connectivity index (χ0v) is 13.3. The molecule has 0 saturated carbocycles. The van der Waals surface area contributed by atoms with E-state index in [1.54, 1.807) is 12.1 Å². The van der Waals surface area contributed by atoms with Gasteiger partial charge in [-0.15, -0.1) is 0 Å². The number of nitrogens with zero attached hydrogens (tertiary/aromatic N) is 2. The maximum Gasteiger partial charge on any atom is 0.274 e. The highest BCUT2D eigenvalue weighted by atomic mass is 19.1. The van der Waals surface area contributed by atoms with E-state index >= 15 is 0 Å². The molecule has 7 nitrogen and oxygen atoms in total. The van der Waals surface area contributed by atoms with Gasteiger partial charge in [0.15, 0.2) is 0 Å². The van der Waals surface area contributed by atoms with Crippen molar-refractivity contribution in [1.82, 2.24) is 9.97 Å². The molecule has 3 N–H and O–H groups in total. The standard InChI is InChI=1S/C18H12FN5O2/c19-12-4-5-14(23-18(26)15-3-1-2-6-21-15)16(8-12)24-17(25)11-7-13(9-20)22-10-11/h1-8,10,22H,(H,23,26)(H,24,25). The molecule has 2 aromatic heterocycles. The number of H-pyrrole nitrogens is 1. The van der Waals surface area contributed by atoms with Crippen LogP contribution in [-0.4, -0.2) is 21.8 Å². The number of pyridine rings is 1. The Morgan fingerprint density at radius 2 is 1.88 bits per heavy atom. The number of hydrogen-bond acceptors (Lipinski definition) is 4. The van der Waals surface area contributed by atoms with Gasteiger partial charge in [0.1, 0.15) is 23.3 Å². The summed E-state index contributed by atoms with van der Waals surface area (Å²) in [6, 6.07) is 11.7. The van der Waals surface area contributed by atoms with E-state index in [1.807, 2.05) is 6.07 Å². The van der Waals surface area contributed by atoms with Gasteiger partial charge in [-0.1, -0.05) is 6.07 Å². The van der Waals surface area contributed by atoms with Crippen molar-refractivity contribution in [3.63, 3.8) is 0 Å². The molecule has 128 valence electrons. The second-order valence-electron chi connectivity index (χ2n) is 5.23. The van der Waals surface area contributed by atoms with Crippen molar-refractivity contribution in [2.24, 2.45) is 0 Å². The normalized spacial score (nSPS) is 10.0. The van der Waals surface area contributed by atoms with E-state index in [2.05, 4.69) is 20.6 Å². The third kappa shape index (κ3) is 3.73. The molecule has 26 heavy (non-hydrogen) atoms. The van der Waals surface area contributed by atoms with Gasteiger partial charge in [-0.05, 0) is 36.4 Å². The number of nitriles is 1. The highest BCUT2D eigenvalue weighted by molar-refractivity contribution is 6.09. The van der Waals surface area contributed by atoms with E-state index in [9.17, 15) is 14.0 Å². The first-order valence-corrected chi connectivity index (χ1v) is 7.48. The first kappa shape index (κ1) is 16.9. The summed E-state index contributed by atoms with van der Waals surface area (Å²) >= 11 is 0. The van der Waals surface area contributed by atoms with Crippen molar-refractivity contribution in [3.8, 4) is 6.07 Å². The second kappa shape index (κ2) is 7.27. The number of hydrogen-bond donors (Lipinski definition) is 3. The summed E-state index contributed by atoms with van der Waals surface area (Å²) in [7, 11) is 0. The first-order chi connectivity index (χ1) is 12.6. The lowest BCUT2D eigenvalue weighted by Gasteiger charge is -2.12. The van der Waals surface area contributed by atoms with Crippen LogP contribution in [-0.2, 0) is 0 Å². The van der Waals surface area contributed by atoms with Crippen LogP contribution in [0.2, 0.25) is 0 Å². The van der Waals surface area contributed by atoms with E-state index in [0.717, 1.165) is 12.1 Å². The molecule has 0 atom stereocenters. The molecular weight excluding hydrogens is 337 g/mol. The fourth-order valence-electron chi connectivity index (χ4n) is 2.20. The predicted molar refractivity (Wildman–Crippen MR) is 92.1 cm³/mol. The van der Waals surface area contributed by atoms with Gasteiger partial charge in [0.25, 0.3) is 11.8 Å². The van der Waals surface area contributed by atoms with E-state index < -0.39 is 17.6 Å². The van der Waals surface area contributed by atoms with Gasteiger partial charge in [0, 0.05) is 12.4 Å². The van der Waals surface area contributed by atoms with Crippen molar-refractivity contribution >= 4 is 23.2 Å². The van der Waals surface area contributed by atoms with Gasteiger partial charge in [0.05, 0.1) is 16.9 Å². The number of rotatable bonds is 4. The Balaban J connectivity index is 1.83. The summed E-state index contributed by atoms with van der Waals surface area (Å²) in [5.74, 6) is -1.63. The number of carbonyl (C=O) groups is 2. The predicted octanol–water partition coefficient (Wildman–Crippen LogP) is 2.93. The molecule has 0 spiro atoms. The molecule has 2 heterocycles. The van der Waals surface area contributed by atoms with E-state index in [-0.39, 0.29) is 28.3 Å². The van der Waals surface area contributed by atoms with Gasteiger partial charge in [0.2, 0.25) is 0 Å². The minimum absolute atomic E-state index is 0.0824. The molecule has 3 aromatic rings. The van der Waals surface area contributed by atoms with Crippen LogP contribution in [0.25, 0.3) is 0 Å².